The average Bonchev–Trinajstić information content (AvgIpc) is 3.31. The predicted octanol–water partition coefficient (Wildman–Crippen LogP) is 6.38. The maximum atomic E-state index is 13.1. The van der Waals surface area contributed by atoms with Gasteiger partial charge in [0.25, 0.3) is 5.91 Å². The Kier molecular flexibility index (Phi) is 16.4. The molecule has 0 aliphatic rings. The third-order valence-corrected chi connectivity index (χ3v) is 7.88. The number of unbranched alkanes of at least 4 members (excludes halogenated alkanes) is 11. The summed E-state index contributed by atoms with van der Waals surface area (Å²) in [6, 6.07) is 13.3. The summed E-state index contributed by atoms with van der Waals surface area (Å²) < 4.78 is 8.18. The fraction of sp³-hybridized carbons (Fsp3) is 0.500. The Hall–Kier alpha value is -1.89. The van der Waals surface area contributed by atoms with Gasteiger partial charge in [0.15, 0.2) is 18.5 Å². The van der Waals surface area contributed by atoms with Crippen molar-refractivity contribution in [3.05, 3.63) is 75.2 Å². The first kappa shape index (κ1) is 33.3. The molecule has 1 aromatic heterocycles. The predicted molar refractivity (Wildman–Crippen MR) is 161 cm³/mol. The van der Waals surface area contributed by atoms with Gasteiger partial charge in [0, 0.05) is 11.3 Å². The van der Waals surface area contributed by atoms with E-state index in [4.69, 9.17) is 16.3 Å². The third kappa shape index (κ3) is 12.4. The number of halogens is 2. The quantitative estimate of drug-likeness (QED) is 0.130. The maximum Gasteiger partial charge on any atom is 0.259 e. The molecule has 214 valence electrons. The number of ether oxygens (including phenoxy) is 1. The molecule has 2 aromatic carbocycles. The van der Waals surface area contributed by atoms with Gasteiger partial charge in [0.1, 0.15) is 0 Å². The molecule has 1 amide bonds. The second-order valence-electron chi connectivity index (χ2n) is 10.1. The second kappa shape index (κ2) is 19.2. The third-order valence-electron chi connectivity index (χ3n) is 6.73. The van der Waals surface area contributed by atoms with E-state index in [1.54, 1.807) is 29.5 Å². The zero-order chi connectivity index (χ0) is 27.0. The average molecular weight is 636 g/mol. The first-order chi connectivity index (χ1) is 18.6. The lowest BCUT2D eigenvalue weighted by Gasteiger charge is -2.13. The summed E-state index contributed by atoms with van der Waals surface area (Å²) in [5, 5.41) is 3.49. The second-order valence-corrected chi connectivity index (χ2v) is 11.6. The van der Waals surface area contributed by atoms with Crippen molar-refractivity contribution in [3.63, 3.8) is 0 Å². The van der Waals surface area contributed by atoms with Crippen LogP contribution in [0.2, 0.25) is 5.02 Å². The van der Waals surface area contributed by atoms with Crippen molar-refractivity contribution < 1.29 is 31.1 Å². The Morgan fingerprint density at radius 1 is 0.923 bits per heavy atom. The smallest absolute Gasteiger partial charge is 0.259 e. The van der Waals surface area contributed by atoms with Crippen molar-refractivity contribution in [3.8, 4) is 5.75 Å². The van der Waals surface area contributed by atoms with E-state index in [0.717, 1.165) is 30.6 Å². The van der Waals surface area contributed by atoms with E-state index in [1.807, 2.05) is 18.2 Å². The molecule has 7 heteroatoms. The molecule has 0 spiro atoms. The van der Waals surface area contributed by atoms with Crippen LogP contribution in [0.4, 0.5) is 5.69 Å². The first-order valence-corrected chi connectivity index (χ1v) is 15.6. The summed E-state index contributed by atoms with van der Waals surface area (Å²) >= 11 is 8.16. The van der Waals surface area contributed by atoms with Gasteiger partial charge in [0.2, 0.25) is 5.51 Å². The number of nitrogens with zero attached hydrogens (tertiary/aromatic N) is 1. The molecule has 0 fully saturated rings. The zero-order valence-electron chi connectivity index (χ0n) is 23.5. The van der Waals surface area contributed by atoms with Gasteiger partial charge in [-0.15, -0.1) is 0 Å². The molecule has 0 unspecified atom stereocenters. The number of para-hydroxylation sites is 1. The molecule has 1 N–H and O–H groups in total. The van der Waals surface area contributed by atoms with Crippen LogP contribution in [0.25, 0.3) is 0 Å². The number of thiazole rings is 1. The normalized spacial score (nSPS) is 10.7. The van der Waals surface area contributed by atoms with Crippen LogP contribution in [-0.2, 0) is 6.54 Å². The van der Waals surface area contributed by atoms with Gasteiger partial charge in [0.05, 0.1) is 22.1 Å². The van der Waals surface area contributed by atoms with Crippen molar-refractivity contribution in [2.24, 2.45) is 0 Å². The molecule has 39 heavy (non-hydrogen) atoms. The molecule has 3 rings (SSSR count). The number of hydrogen-bond acceptors (Lipinski definition) is 3. The van der Waals surface area contributed by atoms with E-state index in [9.17, 15) is 4.79 Å². The largest absolute Gasteiger partial charge is 1.00 e. The van der Waals surface area contributed by atoms with E-state index < -0.39 is 0 Å². The first-order valence-electron chi connectivity index (χ1n) is 14.3. The minimum Gasteiger partial charge on any atom is -1.00 e. The van der Waals surface area contributed by atoms with Crippen molar-refractivity contribution >= 4 is 34.5 Å². The Morgan fingerprint density at radius 2 is 1.56 bits per heavy atom. The van der Waals surface area contributed by atoms with Crippen LogP contribution in [0.1, 0.15) is 105 Å². The molecular weight excluding hydrogens is 592 g/mol. The number of hydrogen-bond donors (Lipinski definition) is 1. The minimum absolute atomic E-state index is 0. The molecule has 0 saturated carbocycles. The van der Waals surface area contributed by atoms with Gasteiger partial charge >= 0.3 is 0 Å². The van der Waals surface area contributed by atoms with E-state index in [1.165, 1.54) is 69.1 Å². The van der Waals surface area contributed by atoms with Crippen molar-refractivity contribution in [2.75, 3.05) is 11.9 Å². The highest BCUT2D eigenvalue weighted by molar-refractivity contribution is 7.09. The van der Waals surface area contributed by atoms with Crippen LogP contribution in [0.15, 0.2) is 54.2 Å². The van der Waals surface area contributed by atoms with E-state index >= 15 is 0 Å². The topological polar surface area (TPSA) is 42.2 Å². The van der Waals surface area contributed by atoms with Crippen LogP contribution in [-0.4, -0.2) is 12.5 Å². The van der Waals surface area contributed by atoms with Gasteiger partial charge in [-0.1, -0.05) is 119 Å². The van der Waals surface area contributed by atoms with Gasteiger partial charge in [-0.2, -0.15) is 4.57 Å². The number of benzene rings is 2. The molecule has 0 aliphatic carbocycles. The van der Waals surface area contributed by atoms with Crippen LogP contribution in [0.3, 0.4) is 0 Å². The summed E-state index contributed by atoms with van der Waals surface area (Å²) in [5.41, 5.74) is 4.45. The number of aryl methyl sites for hydroxylation is 1. The Labute approximate surface area is 254 Å². The Bertz CT molecular complexity index is 1120. The fourth-order valence-electron chi connectivity index (χ4n) is 4.64. The van der Waals surface area contributed by atoms with Crippen molar-refractivity contribution in [1.29, 1.82) is 0 Å². The monoisotopic (exact) mass is 634 g/mol. The molecule has 0 atom stereocenters. The van der Waals surface area contributed by atoms with Gasteiger partial charge in [-0.05, 0) is 37.6 Å². The van der Waals surface area contributed by atoms with Crippen LogP contribution < -0.4 is 31.6 Å². The Morgan fingerprint density at radius 3 is 2.21 bits per heavy atom. The van der Waals surface area contributed by atoms with Crippen molar-refractivity contribution in [1.82, 2.24) is 0 Å². The van der Waals surface area contributed by atoms with Crippen LogP contribution in [0, 0.1) is 6.92 Å². The maximum absolute atomic E-state index is 13.1. The van der Waals surface area contributed by atoms with Gasteiger partial charge in [-0.3, -0.25) is 4.79 Å². The fourth-order valence-corrected chi connectivity index (χ4v) is 5.50. The molecule has 0 aliphatic heterocycles. The molecule has 0 radical (unpaired) electrons. The number of rotatable bonds is 18. The highest BCUT2D eigenvalue weighted by Gasteiger charge is 2.16. The SMILES string of the molecule is CCCCCCCCCCCCCCOc1c(Cl)cccc1C(=O)Nc1cccc(C[n+]2csc(C)c2)c1.[Br-]. The molecule has 3 aromatic rings. The molecule has 4 nitrogen and oxygen atoms in total. The summed E-state index contributed by atoms with van der Waals surface area (Å²) in [6.07, 6.45) is 17.7. The van der Waals surface area contributed by atoms with E-state index in [-0.39, 0.29) is 22.9 Å². The molecule has 0 bridgehead atoms. The molecule has 1 heterocycles. The van der Waals surface area contributed by atoms with Crippen LogP contribution in [0.5, 0.6) is 5.75 Å². The number of nitrogens with one attached hydrogen (secondary N) is 1. The lowest BCUT2D eigenvalue weighted by Crippen LogP contribution is -3.00. The minimum atomic E-state index is -0.214. The van der Waals surface area contributed by atoms with E-state index in [2.05, 4.69) is 41.5 Å². The van der Waals surface area contributed by atoms with Gasteiger partial charge in [-0.25, -0.2) is 0 Å². The summed E-state index contributed by atoms with van der Waals surface area (Å²) in [7, 11) is 0. The Balaban J connectivity index is 0.00000533. The number of aromatic nitrogens is 1. The summed E-state index contributed by atoms with van der Waals surface area (Å²) in [6.45, 7) is 5.69. The molecule has 0 saturated heterocycles. The number of anilines is 1. The number of carbonyl (C=O) groups excluding carboxylic acids is 1. The standard InChI is InChI=1S/C32H43ClN2O2S.BrH/c1-3-4-5-6-7-8-9-10-11-12-13-14-21-37-31-29(19-16-20-30(31)33)32(36)34-28-18-15-17-27(22-28)24-35-23-26(2)38-25-35;/h15-20,22-23,25H,3-14,21,24H2,1-2H3;1H. The highest BCUT2D eigenvalue weighted by Crippen LogP contribution is 2.30. The lowest BCUT2D eigenvalue weighted by molar-refractivity contribution is -0.683. The number of amides is 1. The van der Waals surface area contributed by atoms with Gasteiger partial charge < -0.3 is 27.0 Å². The molecular formula is C32H44BrClN2O2S. The highest BCUT2D eigenvalue weighted by atomic mass is 79.9. The summed E-state index contributed by atoms with van der Waals surface area (Å²) in [5.74, 6) is 0.253. The van der Waals surface area contributed by atoms with Crippen molar-refractivity contribution in [2.45, 2.75) is 97.4 Å². The number of carbonyl (C=O) groups is 1. The van der Waals surface area contributed by atoms with E-state index in [0.29, 0.717) is 22.9 Å². The van der Waals surface area contributed by atoms with Crippen LogP contribution >= 0.6 is 22.9 Å². The zero-order valence-corrected chi connectivity index (χ0v) is 26.7. The summed E-state index contributed by atoms with van der Waals surface area (Å²) in [4.78, 5) is 14.4. The lowest BCUT2D eigenvalue weighted by atomic mass is 10.1.